The van der Waals surface area contributed by atoms with E-state index in [1.54, 1.807) is 0 Å². The molecule has 0 bridgehead atoms. The van der Waals surface area contributed by atoms with E-state index in [4.69, 9.17) is 27.3 Å². The number of alkyl halides is 1. The van der Waals surface area contributed by atoms with Gasteiger partial charge in [-0.1, -0.05) is 6.92 Å². The minimum Gasteiger partial charge on any atom is -0.353 e. The Morgan fingerprint density at radius 3 is 2.61 bits per heavy atom. The topological polar surface area (TPSA) is 93.7 Å². The second-order valence-corrected chi connectivity index (χ2v) is 10.7. The van der Waals surface area contributed by atoms with Crippen LogP contribution in [0.4, 0.5) is 11.9 Å². The van der Waals surface area contributed by atoms with Crippen LogP contribution < -0.4 is 16.4 Å². The molecule has 2 atom stereocenters. The van der Waals surface area contributed by atoms with Gasteiger partial charge in [-0.05, 0) is 84.1 Å². The minimum absolute atomic E-state index is 0.0593. The van der Waals surface area contributed by atoms with Crippen LogP contribution in [-0.2, 0) is 0 Å². The van der Waals surface area contributed by atoms with Gasteiger partial charge in [-0.25, -0.2) is 9.97 Å². The van der Waals surface area contributed by atoms with Gasteiger partial charge in [0.15, 0.2) is 5.65 Å². The number of anilines is 2. The van der Waals surface area contributed by atoms with E-state index in [1.165, 1.54) is 0 Å². The van der Waals surface area contributed by atoms with Gasteiger partial charge in [0, 0.05) is 23.0 Å². The number of nitrogens with two attached hydrogens (primary N) is 1. The average Bonchev–Trinajstić information content (AvgIpc) is 3.10. The van der Waals surface area contributed by atoms with Crippen LogP contribution in [0.5, 0.6) is 0 Å². The number of fused-ring (bicyclic) bond motifs is 1. The maximum atomic E-state index is 6.46. The summed E-state index contributed by atoms with van der Waals surface area (Å²) < 4.78 is 2.34. The Balaban J connectivity index is 1.67. The highest BCUT2D eigenvalue weighted by Crippen LogP contribution is 2.37. The van der Waals surface area contributed by atoms with Crippen LogP contribution in [0.1, 0.15) is 84.6 Å². The average molecular weight is 448 g/mol. The number of hydrogen-bond donors (Lipinski definition) is 3. The molecule has 2 aliphatic carbocycles. The van der Waals surface area contributed by atoms with E-state index in [1.807, 2.05) is 6.20 Å². The van der Waals surface area contributed by atoms with Crippen molar-refractivity contribution < 1.29 is 0 Å². The molecule has 4 rings (SSSR count). The lowest BCUT2D eigenvalue weighted by atomic mass is 9.86. The summed E-state index contributed by atoms with van der Waals surface area (Å²) in [6.07, 6.45) is 11.8. The standard InChI is InChI=1S/C23H38ClN7/c1-4-23(2,3)30-21-26-14-19-20(29-21)31(18-10-8-15(13-25)9-11-18)22(28-19)27-17-7-5-6-16(24)12-17/h14-18H,4-13,25H2,1-3H3,(H,27,28)(H,26,29,30). The van der Waals surface area contributed by atoms with Crippen LogP contribution in [0.25, 0.3) is 11.2 Å². The molecule has 172 valence electrons. The number of nitrogens with zero attached hydrogens (tertiary/aromatic N) is 4. The van der Waals surface area contributed by atoms with E-state index >= 15 is 0 Å². The number of aromatic nitrogens is 4. The van der Waals surface area contributed by atoms with Crippen molar-refractivity contribution in [3.8, 4) is 0 Å². The van der Waals surface area contributed by atoms with Crippen molar-refractivity contribution in [1.29, 1.82) is 0 Å². The molecule has 2 aromatic rings. The third kappa shape index (κ3) is 5.25. The molecule has 7 nitrogen and oxygen atoms in total. The van der Waals surface area contributed by atoms with E-state index in [0.29, 0.717) is 23.9 Å². The Morgan fingerprint density at radius 2 is 1.94 bits per heavy atom. The maximum Gasteiger partial charge on any atom is 0.225 e. The lowest BCUT2D eigenvalue weighted by Gasteiger charge is -2.31. The molecule has 0 spiro atoms. The Morgan fingerprint density at radius 1 is 1.16 bits per heavy atom. The van der Waals surface area contributed by atoms with Crippen molar-refractivity contribution >= 4 is 34.7 Å². The Bertz CT molecular complexity index is 872. The molecule has 2 aromatic heterocycles. The number of rotatable bonds is 7. The predicted molar refractivity (Wildman–Crippen MR) is 129 cm³/mol. The first-order valence-electron chi connectivity index (χ1n) is 12.0. The first kappa shape index (κ1) is 22.6. The Labute approximate surface area is 190 Å². The summed E-state index contributed by atoms with van der Waals surface area (Å²) in [5.41, 5.74) is 7.65. The quantitative estimate of drug-likeness (QED) is 0.512. The first-order valence-corrected chi connectivity index (χ1v) is 12.5. The van der Waals surface area contributed by atoms with Crippen LogP contribution in [0.15, 0.2) is 6.20 Å². The minimum atomic E-state index is -0.0593. The Hall–Kier alpha value is -1.60. The zero-order valence-corrected chi connectivity index (χ0v) is 20.0. The van der Waals surface area contributed by atoms with Crippen LogP contribution >= 0.6 is 11.6 Å². The van der Waals surface area contributed by atoms with E-state index in [-0.39, 0.29) is 10.9 Å². The van der Waals surface area contributed by atoms with Gasteiger partial charge in [0.25, 0.3) is 0 Å². The SMILES string of the molecule is CCC(C)(C)Nc1ncc2nc(NC3CCCC(Cl)C3)n(C3CCC(CN)CC3)c2n1. The Kier molecular flexibility index (Phi) is 6.92. The van der Waals surface area contributed by atoms with E-state index in [9.17, 15) is 0 Å². The van der Waals surface area contributed by atoms with E-state index < -0.39 is 0 Å². The third-order valence-electron chi connectivity index (χ3n) is 7.23. The second-order valence-electron chi connectivity index (χ2n) is 10.1. The molecule has 2 heterocycles. The largest absolute Gasteiger partial charge is 0.353 e. The summed E-state index contributed by atoms with van der Waals surface area (Å²) >= 11 is 6.46. The molecule has 8 heteroatoms. The normalized spacial score (nSPS) is 27.4. The number of imidazole rings is 1. The lowest BCUT2D eigenvalue weighted by Crippen LogP contribution is -2.31. The molecule has 2 unspecified atom stereocenters. The zero-order valence-electron chi connectivity index (χ0n) is 19.2. The lowest BCUT2D eigenvalue weighted by molar-refractivity contribution is 0.284. The van der Waals surface area contributed by atoms with Crippen LogP contribution in [-0.4, -0.2) is 43.0 Å². The summed E-state index contributed by atoms with van der Waals surface area (Å²) in [5, 5.41) is 7.46. The van der Waals surface area contributed by atoms with Gasteiger partial charge in [-0.2, -0.15) is 4.98 Å². The summed E-state index contributed by atoms with van der Waals surface area (Å²) in [6.45, 7) is 7.29. The summed E-state index contributed by atoms with van der Waals surface area (Å²) in [4.78, 5) is 14.4. The van der Waals surface area contributed by atoms with Crippen molar-refractivity contribution in [1.82, 2.24) is 19.5 Å². The van der Waals surface area contributed by atoms with Crippen LogP contribution in [0.2, 0.25) is 0 Å². The van der Waals surface area contributed by atoms with Gasteiger partial charge >= 0.3 is 0 Å². The van der Waals surface area contributed by atoms with E-state index in [2.05, 4.69) is 41.0 Å². The number of nitrogens with one attached hydrogen (secondary N) is 2. The highest BCUT2D eigenvalue weighted by Gasteiger charge is 2.29. The van der Waals surface area contributed by atoms with E-state index in [0.717, 1.165) is 81.4 Å². The molecule has 0 aliphatic heterocycles. The highest BCUT2D eigenvalue weighted by molar-refractivity contribution is 6.20. The molecule has 0 amide bonds. The summed E-state index contributed by atoms with van der Waals surface area (Å²) in [7, 11) is 0. The first-order chi connectivity index (χ1) is 14.9. The molecular weight excluding hydrogens is 410 g/mol. The summed E-state index contributed by atoms with van der Waals surface area (Å²) in [5.74, 6) is 2.22. The highest BCUT2D eigenvalue weighted by atomic mass is 35.5. The van der Waals surface area contributed by atoms with Gasteiger partial charge in [-0.3, -0.25) is 4.57 Å². The van der Waals surface area contributed by atoms with Gasteiger partial charge in [0.1, 0.15) is 5.52 Å². The molecule has 31 heavy (non-hydrogen) atoms. The van der Waals surface area contributed by atoms with Crippen LogP contribution in [0, 0.1) is 5.92 Å². The predicted octanol–water partition coefficient (Wildman–Crippen LogP) is 5.08. The fraction of sp³-hybridized carbons (Fsp3) is 0.783. The van der Waals surface area contributed by atoms with Gasteiger partial charge in [0.05, 0.1) is 6.20 Å². The van der Waals surface area contributed by atoms with Crippen molar-refractivity contribution in [2.45, 2.75) is 102 Å². The second kappa shape index (κ2) is 9.49. The number of halogens is 1. The fourth-order valence-electron chi connectivity index (χ4n) is 4.87. The fourth-order valence-corrected chi connectivity index (χ4v) is 5.24. The van der Waals surface area contributed by atoms with Crippen molar-refractivity contribution in [2.75, 3.05) is 17.2 Å². The zero-order chi connectivity index (χ0) is 22.0. The molecule has 2 saturated carbocycles. The molecular formula is C23H38ClN7. The molecule has 2 fully saturated rings. The molecule has 0 saturated heterocycles. The van der Waals surface area contributed by atoms with Gasteiger partial charge in [-0.15, -0.1) is 11.6 Å². The van der Waals surface area contributed by atoms with Crippen LogP contribution in [0.3, 0.4) is 0 Å². The molecule has 0 aromatic carbocycles. The third-order valence-corrected chi connectivity index (χ3v) is 7.62. The van der Waals surface area contributed by atoms with Gasteiger partial charge in [0.2, 0.25) is 11.9 Å². The molecule has 2 aliphatic rings. The van der Waals surface area contributed by atoms with Crippen molar-refractivity contribution in [3.63, 3.8) is 0 Å². The van der Waals surface area contributed by atoms with Crippen molar-refractivity contribution in [3.05, 3.63) is 6.20 Å². The number of hydrogen-bond acceptors (Lipinski definition) is 6. The van der Waals surface area contributed by atoms with Crippen molar-refractivity contribution in [2.24, 2.45) is 11.7 Å². The summed E-state index contributed by atoms with van der Waals surface area (Å²) in [6, 6.07) is 0.740. The maximum absolute atomic E-state index is 6.46. The molecule has 4 N–H and O–H groups in total. The van der Waals surface area contributed by atoms with Gasteiger partial charge < -0.3 is 16.4 Å². The molecule has 0 radical (unpaired) electrons. The monoisotopic (exact) mass is 447 g/mol. The smallest absolute Gasteiger partial charge is 0.225 e.